The van der Waals surface area contributed by atoms with Crippen molar-refractivity contribution in [3.05, 3.63) is 35.9 Å². The normalized spacial score (nSPS) is 17.6. The van der Waals surface area contributed by atoms with Crippen LogP contribution in [0.3, 0.4) is 0 Å². The highest BCUT2D eigenvalue weighted by atomic mass is 16.2. The number of benzene rings is 1. The van der Waals surface area contributed by atoms with Crippen LogP contribution in [0.1, 0.15) is 32.3 Å². The van der Waals surface area contributed by atoms with Gasteiger partial charge in [0.1, 0.15) is 6.04 Å². The van der Waals surface area contributed by atoms with Crippen LogP contribution in [-0.2, 0) is 11.3 Å². The molecule has 3 amide bonds. The molecule has 0 aromatic heterocycles. The molecule has 2 rings (SSSR count). The summed E-state index contributed by atoms with van der Waals surface area (Å²) in [6, 6.07) is 9.27. The number of likely N-dealkylation sites (tertiary alicyclic amines) is 1. The molecule has 1 aliphatic heterocycles. The molecule has 1 aliphatic rings. The quantitative estimate of drug-likeness (QED) is 0.875. The highest BCUT2D eigenvalue weighted by molar-refractivity contribution is 5.87. The van der Waals surface area contributed by atoms with Crippen molar-refractivity contribution < 1.29 is 9.59 Å². The van der Waals surface area contributed by atoms with Gasteiger partial charge >= 0.3 is 6.03 Å². The molecule has 0 saturated carbocycles. The van der Waals surface area contributed by atoms with Crippen LogP contribution in [-0.4, -0.2) is 36.0 Å². The lowest BCUT2D eigenvalue weighted by atomic mass is 10.2. The fourth-order valence-electron chi connectivity index (χ4n) is 2.58. The van der Waals surface area contributed by atoms with Crippen molar-refractivity contribution in [1.82, 2.24) is 15.5 Å². The van der Waals surface area contributed by atoms with Gasteiger partial charge in [0.05, 0.1) is 0 Å². The van der Waals surface area contributed by atoms with E-state index in [0.717, 1.165) is 18.4 Å². The molecule has 120 valence electrons. The van der Waals surface area contributed by atoms with Crippen molar-refractivity contribution in [2.24, 2.45) is 5.92 Å². The molecule has 0 unspecified atom stereocenters. The van der Waals surface area contributed by atoms with Crippen LogP contribution >= 0.6 is 0 Å². The zero-order valence-electron chi connectivity index (χ0n) is 13.3. The third-order valence-electron chi connectivity index (χ3n) is 3.79. The van der Waals surface area contributed by atoms with Gasteiger partial charge in [-0.05, 0) is 24.3 Å². The summed E-state index contributed by atoms with van der Waals surface area (Å²) in [4.78, 5) is 26.2. The van der Waals surface area contributed by atoms with Gasteiger partial charge in [-0.25, -0.2) is 4.79 Å². The summed E-state index contributed by atoms with van der Waals surface area (Å²) in [5.74, 6) is 0.367. The number of rotatable bonds is 5. The second-order valence-electron chi connectivity index (χ2n) is 6.13. The van der Waals surface area contributed by atoms with Crippen molar-refractivity contribution >= 4 is 11.9 Å². The molecule has 0 spiro atoms. The number of carbonyl (C=O) groups is 2. The SMILES string of the molecule is CC(C)CNC(=O)[C@@H]1CCCN1C(=O)NCc1ccccc1. The lowest BCUT2D eigenvalue weighted by Crippen LogP contribution is -2.49. The van der Waals surface area contributed by atoms with Crippen LogP contribution < -0.4 is 10.6 Å². The predicted octanol–water partition coefficient (Wildman–Crippen LogP) is 2.13. The van der Waals surface area contributed by atoms with Crippen molar-refractivity contribution in [3.63, 3.8) is 0 Å². The Morgan fingerprint density at radius 1 is 1.23 bits per heavy atom. The number of urea groups is 1. The highest BCUT2D eigenvalue weighted by Gasteiger charge is 2.33. The van der Waals surface area contributed by atoms with Crippen molar-refractivity contribution in [2.75, 3.05) is 13.1 Å². The van der Waals surface area contributed by atoms with Crippen LogP contribution in [0.2, 0.25) is 0 Å². The van der Waals surface area contributed by atoms with Crippen molar-refractivity contribution in [3.8, 4) is 0 Å². The molecule has 0 radical (unpaired) electrons. The molecule has 1 atom stereocenters. The van der Waals surface area contributed by atoms with Crippen molar-refractivity contribution in [1.29, 1.82) is 0 Å². The molecule has 1 aromatic carbocycles. The molecule has 1 saturated heterocycles. The number of hydrogen-bond acceptors (Lipinski definition) is 2. The van der Waals surface area contributed by atoms with Gasteiger partial charge in [0.25, 0.3) is 0 Å². The highest BCUT2D eigenvalue weighted by Crippen LogP contribution is 2.17. The van der Waals surface area contributed by atoms with E-state index >= 15 is 0 Å². The first kappa shape index (κ1) is 16.3. The van der Waals surface area contributed by atoms with Gasteiger partial charge in [0.2, 0.25) is 5.91 Å². The van der Waals surface area contributed by atoms with E-state index in [0.29, 0.717) is 25.6 Å². The van der Waals surface area contributed by atoms with Crippen molar-refractivity contribution in [2.45, 2.75) is 39.3 Å². The molecule has 1 fully saturated rings. The second-order valence-corrected chi connectivity index (χ2v) is 6.13. The lowest BCUT2D eigenvalue weighted by molar-refractivity contribution is -0.124. The first-order chi connectivity index (χ1) is 10.6. The van der Waals surface area contributed by atoms with E-state index in [1.807, 2.05) is 30.3 Å². The second kappa shape index (κ2) is 7.82. The van der Waals surface area contributed by atoms with Crippen LogP contribution in [0.4, 0.5) is 4.79 Å². The van der Waals surface area contributed by atoms with E-state index in [9.17, 15) is 9.59 Å². The molecule has 1 heterocycles. The molecular weight excluding hydrogens is 278 g/mol. The Labute approximate surface area is 132 Å². The fraction of sp³-hybridized carbons (Fsp3) is 0.529. The number of nitrogens with zero attached hydrogens (tertiary/aromatic N) is 1. The first-order valence-electron chi connectivity index (χ1n) is 7.94. The fourth-order valence-corrected chi connectivity index (χ4v) is 2.58. The minimum Gasteiger partial charge on any atom is -0.354 e. The van der Waals surface area contributed by atoms with E-state index in [4.69, 9.17) is 0 Å². The Hall–Kier alpha value is -2.04. The maximum atomic E-state index is 12.3. The molecule has 2 N–H and O–H groups in total. The van der Waals surface area contributed by atoms with Crippen LogP contribution in [0, 0.1) is 5.92 Å². The Kier molecular flexibility index (Phi) is 5.81. The van der Waals surface area contributed by atoms with E-state index < -0.39 is 0 Å². The Bertz CT molecular complexity index is 502. The van der Waals surface area contributed by atoms with Crippen LogP contribution in [0.15, 0.2) is 30.3 Å². The smallest absolute Gasteiger partial charge is 0.318 e. The van der Waals surface area contributed by atoms with Crippen LogP contribution in [0.25, 0.3) is 0 Å². The number of carbonyl (C=O) groups excluding carboxylic acids is 2. The minimum absolute atomic E-state index is 0.0407. The third kappa shape index (κ3) is 4.48. The molecule has 5 heteroatoms. The Morgan fingerprint density at radius 2 is 1.95 bits per heavy atom. The summed E-state index contributed by atoms with van der Waals surface area (Å²) < 4.78 is 0. The van der Waals surface area contributed by atoms with Gasteiger partial charge in [0.15, 0.2) is 0 Å². The average Bonchev–Trinajstić information content (AvgIpc) is 3.01. The third-order valence-corrected chi connectivity index (χ3v) is 3.79. The molecular formula is C17H25N3O2. The number of hydrogen-bond donors (Lipinski definition) is 2. The standard InChI is InChI=1S/C17H25N3O2/c1-13(2)11-18-16(21)15-9-6-10-20(15)17(22)19-12-14-7-4-3-5-8-14/h3-5,7-8,13,15H,6,9-12H2,1-2H3,(H,18,21)(H,19,22)/t15-/m0/s1. The summed E-state index contributed by atoms with van der Waals surface area (Å²) in [5, 5.41) is 5.82. The lowest BCUT2D eigenvalue weighted by Gasteiger charge is -2.24. The van der Waals surface area contributed by atoms with Gasteiger partial charge in [-0.15, -0.1) is 0 Å². The molecule has 5 nitrogen and oxygen atoms in total. The van der Waals surface area contributed by atoms with E-state index in [2.05, 4.69) is 24.5 Å². The van der Waals surface area contributed by atoms with Gasteiger partial charge in [-0.1, -0.05) is 44.2 Å². The maximum absolute atomic E-state index is 12.3. The summed E-state index contributed by atoms with van der Waals surface area (Å²) in [6.07, 6.45) is 1.61. The van der Waals surface area contributed by atoms with Gasteiger partial charge in [0, 0.05) is 19.6 Å². The average molecular weight is 303 g/mol. The minimum atomic E-state index is -0.338. The van der Waals surface area contributed by atoms with Gasteiger partial charge in [-0.2, -0.15) is 0 Å². The van der Waals surface area contributed by atoms with Gasteiger partial charge in [-0.3, -0.25) is 4.79 Å². The predicted molar refractivity (Wildman–Crippen MR) is 86.3 cm³/mol. The van der Waals surface area contributed by atoms with E-state index in [-0.39, 0.29) is 18.0 Å². The Morgan fingerprint density at radius 3 is 2.64 bits per heavy atom. The summed E-state index contributed by atoms with van der Waals surface area (Å²) >= 11 is 0. The number of nitrogens with one attached hydrogen (secondary N) is 2. The first-order valence-corrected chi connectivity index (χ1v) is 7.94. The molecule has 0 aliphatic carbocycles. The summed E-state index contributed by atoms with van der Waals surface area (Å²) in [5.41, 5.74) is 1.05. The largest absolute Gasteiger partial charge is 0.354 e. The maximum Gasteiger partial charge on any atom is 0.318 e. The van der Waals surface area contributed by atoms with E-state index in [1.54, 1.807) is 4.90 Å². The van der Waals surface area contributed by atoms with Gasteiger partial charge < -0.3 is 15.5 Å². The summed E-state index contributed by atoms with van der Waals surface area (Å²) in [6.45, 7) is 5.88. The topological polar surface area (TPSA) is 61.4 Å². The summed E-state index contributed by atoms with van der Waals surface area (Å²) in [7, 11) is 0. The zero-order chi connectivity index (χ0) is 15.9. The monoisotopic (exact) mass is 303 g/mol. The molecule has 0 bridgehead atoms. The Balaban J connectivity index is 1.86. The molecule has 22 heavy (non-hydrogen) atoms. The van der Waals surface area contributed by atoms with Crippen LogP contribution in [0.5, 0.6) is 0 Å². The van der Waals surface area contributed by atoms with E-state index in [1.165, 1.54) is 0 Å². The number of amides is 3. The molecule has 1 aromatic rings. The zero-order valence-corrected chi connectivity index (χ0v) is 13.3.